The van der Waals surface area contributed by atoms with Crippen LogP contribution in [0.15, 0.2) is 42.5 Å². The number of amides is 1. The van der Waals surface area contributed by atoms with Gasteiger partial charge in [0.1, 0.15) is 5.82 Å². The second-order valence-electron chi connectivity index (χ2n) is 4.54. The minimum absolute atomic E-state index is 0.183. The Morgan fingerprint density at radius 2 is 1.68 bits per heavy atom. The highest BCUT2D eigenvalue weighted by atomic mass is 16.1. The van der Waals surface area contributed by atoms with Gasteiger partial charge >= 0.3 is 0 Å². The summed E-state index contributed by atoms with van der Waals surface area (Å²) in [4.78, 5) is 11.9. The minimum Gasteiger partial charge on any atom is -0.366 e. The Balaban J connectivity index is 1.64. The number of rotatable bonds is 4. The molecule has 1 saturated carbocycles. The van der Waals surface area contributed by atoms with Gasteiger partial charge < -0.3 is 10.6 Å². The summed E-state index contributed by atoms with van der Waals surface area (Å²) in [6.45, 7) is 0. The molecule has 1 aliphatic rings. The van der Waals surface area contributed by atoms with E-state index >= 15 is 0 Å². The van der Waals surface area contributed by atoms with E-state index in [0.29, 0.717) is 17.4 Å². The second kappa shape index (κ2) is 5.06. The minimum atomic E-state index is -0.183. The summed E-state index contributed by atoms with van der Waals surface area (Å²) in [6, 6.07) is 13.1. The standard InChI is InChI=1S/C14H14N4O/c19-14(10-4-2-1-3-5-10)16-13-9-8-12(17-18-13)15-11-6-7-11/h1-5,8-9,11H,6-7H2,(H,15,17)(H,16,18,19). The Morgan fingerprint density at radius 3 is 2.32 bits per heavy atom. The van der Waals surface area contributed by atoms with Gasteiger partial charge in [-0.25, -0.2) is 0 Å². The maximum absolute atomic E-state index is 11.9. The molecule has 96 valence electrons. The van der Waals surface area contributed by atoms with Gasteiger partial charge in [0.05, 0.1) is 0 Å². The number of carbonyl (C=O) groups is 1. The average molecular weight is 254 g/mol. The van der Waals surface area contributed by atoms with Gasteiger partial charge in [-0.1, -0.05) is 18.2 Å². The Bertz CT molecular complexity index is 564. The lowest BCUT2D eigenvalue weighted by Crippen LogP contribution is -2.13. The van der Waals surface area contributed by atoms with Crippen LogP contribution in [-0.2, 0) is 0 Å². The predicted molar refractivity (Wildman–Crippen MR) is 73.1 cm³/mol. The molecule has 2 N–H and O–H groups in total. The third-order valence-corrected chi connectivity index (χ3v) is 2.87. The third kappa shape index (κ3) is 3.07. The van der Waals surface area contributed by atoms with E-state index in [1.54, 1.807) is 18.2 Å². The molecule has 0 unspecified atom stereocenters. The van der Waals surface area contributed by atoms with E-state index in [-0.39, 0.29) is 5.91 Å². The highest BCUT2D eigenvalue weighted by molar-refractivity contribution is 6.03. The first kappa shape index (κ1) is 11.6. The number of nitrogens with zero attached hydrogens (tertiary/aromatic N) is 2. The largest absolute Gasteiger partial charge is 0.366 e. The van der Waals surface area contributed by atoms with Gasteiger partial charge in [0.2, 0.25) is 0 Å². The maximum atomic E-state index is 11.9. The van der Waals surface area contributed by atoms with Crippen LogP contribution in [0.3, 0.4) is 0 Å². The number of hydrogen-bond donors (Lipinski definition) is 2. The average Bonchev–Trinajstić information content (AvgIpc) is 3.26. The van der Waals surface area contributed by atoms with Crippen LogP contribution < -0.4 is 10.6 Å². The third-order valence-electron chi connectivity index (χ3n) is 2.87. The molecular weight excluding hydrogens is 240 g/mol. The van der Waals surface area contributed by atoms with Crippen molar-refractivity contribution < 1.29 is 4.79 Å². The van der Waals surface area contributed by atoms with Crippen LogP contribution in [0, 0.1) is 0 Å². The fourth-order valence-electron chi connectivity index (χ4n) is 1.69. The summed E-state index contributed by atoms with van der Waals surface area (Å²) in [5, 5.41) is 14.0. The predicted octanol–water partition coefficient (Wildman–Crippen LogP) is 2.30. The van der Waals surface area contributed by atoms with Crippen molar-refractivity contribution in [1.82, 2.24) is 10.2 Å². The molecule has 0 bridgehead atoms. The number of aromatic nitrogens is 2. The molecule has 1 aromatic carbocycles. The summed E-state index contributed by atoms with van der Waals surface area (Å²) in [6.07, 6.45) is 2.38. The number of hydrogen-bond acceptors (Lipinski definition) is 4. The lowest BCUT2D eigenvalue weighted by Gasteiger charge is -2.05. The number of nitrogens with one attached hydrogen (secondary N) is 2. The topological polar surface area (TPSA) is 66.9 Å². The zero-order valence-corrected chi connectivity index (χ0v) is 10.3. The van der Waals surface area contributed by atoms with Gasteiger partial charge in [-0.15, -0.1) is 10.2 Å². The fraction of sp³-hybridized carbons (Fsp3) is 0.214. The summed E-state index contributed by atoms with van der Waals surface area (Å²) in [5.41, 5.74) is 0.601. The molecule has 3 rings (SSSR count). The van der Waals surface area contributed by atoms with E-state index in [1.165, 1.54) is 12.8 Å². The Labute approximate surface area is 111 Å². The highest BCUT2D eigenvalue weighted by Crippen LogP contribution is 2.23. The van der Waals surface area contributed by atoms with E-state index in [4.69, 9.17) is 0 Å². The van der Waals surface area contributed by atoms with Crippen molar-refractivity contribution >= 4 is 17.5 Å². The molecule has 1 heterocycles. The van der Waals surface area contributed by atoms with Crippen LogP contribution >= 0.6 is 0 Å². The Morgan fingerprint density at radius 1 is 1.00 bits per heavy atom. The van der Waals surface area contributed by atoms with Crippen LogP contribution in [0.5, 0.6) is 0 Å². The van der Waals surface area contributed by atoms with Crippen molar-refractivity contribution in [3.63, 3.8) is 0 Å². The summed E-state index contributed by atoms with van der Waals surface area (Å²) < 4.78 is 0. The van der Waals surface area contributed by atoms with E-state index in [1.807, 2.05) is 24.3 Å². The lowest BCUT2D eigenvalue weighted by atomic mass is 10.2. The monoisotopic (exact) mass is 254 g/mol. The van der Waals surface area contributed by atoms with E-state index in [9.17, 15) is 4.79 Å². The smallest absolute Gasteiger partial charge is 0.256 e. The first-order valence-electron chi connectivity index (χ1n) is 6.28. The lowest BCUT2D eigenvalue weighted by molar-refractivity contribution is 0.102. The zero-order valence-electron chi connectivity index (χ0n) is 10.3. The molecule has 2 aromatic rings. The van der Waals surface area contributed by atoms with Crippen molar-refractivity contribution in [2.45, 2.75) is 18.9 Å². The van der Waals surface area contributed by atoms with Crippen LogP contribution in [0.25, 0.3) is 0 Å². The van der Waals surface area contributed by atoms with E-state index in [2.05, 4.69) is 20.8 Å². The fourth-order valence-corrected chi connectivity index (χ4v) is 1.69. The summed E-state index contributed by atoms with van der Waals surface area (Å²) in [7, 11) is 0. The SMILES string of the molecule is O=C(Nc1ccc(NC2CC2)nn1)c1ccccc1. The van der Waals surface area contributed by atoms with Crippen LogP contribution in [-0.4, -0.2) is 22.1 Å². The van der Waals surface area contributed by atoms with Gasteiger partial charge in [-0.05, 0) is 37.1 Å². The molecule has 0 aliphatic heterocycles. The van der Waals surface area contributed by atoms with Crippen molar-refractivity contribution in [3.8, 4) is 0 Å². The Hall–Kier alpha value is -2.43. The summed E-state index contributed by atoms with van der Waals surface area (Å²) >= 11 is 0. The van der Waals surface area contributed by atoms with Gasteiger partial charge in [0.15, 0.2) is 5.82 Å². The second-order valence-corrected chi connectivity index (χ2v) is 4.54. The zero-order chi connectivity index (χ0) is 13.1. The first-order chi connectivity index (χ1) is 9.31. The first-order valence-corrected chi connectivity index (χ1v) is 6.28. The molecule has 0 saturated heterocycles. The molecular formula is C14H14N4O. The van der Waals surface area contributed by atoms with E-state index in [0.717, 1.165) is 5.82 Å². The molecule has 1 aromatic heterocycles. The van der Waals surface area contributed by atoms with Gasteiger partial charge in [0, 0.05) is 11.6 Å². The molecule has 5 nitrogen and oxygen atoms in total. The number of anilines is 2. The van der Waals surface area contributed by atoms with Gasteiger partial charge in [0.25, 0.3) is 5.91 Å². The number of carbonyl (C=O) groups excluding carboxylic acids is 1. The molecule has 1 aliphatic carbocycles. The molecule has 1 fully saturated rings. The Kier molecular flexibility index (Phi) is 3.10. The molecule has 19 heavy (non-hydrogen) atoms. The van der Waals surface area contributed by atoms with Crippen LogP contribution in [0.1, 0.15) is 23.2 Å². The normalized spacial score (nSPS) is 13.9. The van der Waals surface area contributed by atoms with Gasteiger partial charge in [-0.2, -0.15) is 0 Å². The molecule has 1 amide bonds. The number of benzene rings is 1. The quantitative estimate of drug-likeness (QED) is 0.878. The van der Waals surface area contributed by atoms with Crippen molar-refractivity contribution in [1.29, 1.82) is 0 Å². The maximum Gasteiger partial charge on any atom is 0.256 e. The van der Waals surface area contributed by atoms with Crippen LogP contribution in [0.2, 0.25) is 0 Å². The highest BCUT2D eigenvalue weighted by Gasteiger charge is 2.21. The van der Waals surface area contributed by atoms with Crippen molar-refractivity contribution in [2.75, 3.05) is 10.6 Å². The van der Waals surface area contributed by atoms with E-state index < -0.39 is 0 Å². The molecule has 0 atom stereocenters. The van der Waals surface area contributed by atoms with Gasteiger partial charge in [-0.3, -0.25) is 4.79 Å². The molecule has 0 spiro atoms. The summed E-state index contributed by atoms with van der Waals surface area (Å²) in [5.74, 6) is 1.02. The molecule has 5 heteroatoms. The van der Waals surface area contributed by atoms with Crippen molar-refractivity contribution in [2.24, 2.45) is 0 Å². The van der Waals surface area contributed by atoms with Crippen LogP contribution in [0.4, 0.5) is 11.6 Å². The molecule has 0 radical (unpaired) electrons. The van der Waals surface area contributed by atoms with Crippen molar-refractivity contribution in [3.05, 3.63) is 48.0 Å².